The third-order valence-electron chi connectivity index (χ3n) is 1.62. The van der Waals surface area contributed by atoms with Gasteiger partial charge in [-0.1, -0.05) is 17.3 Å². The van der Waals surface area contributed by atoms with Crippen molar-refractivity contribution in [3.05, 3.63) is 29.8 Å². The molecule has 1 aromatic rings. The smallest absolute Gasteiger partial charge is 0.142 e. The van der Waals surface area contributed by atoms with Crippen molar-refractivity contribution in [3.63, 3.8) is 0 Å². The number of hydrogen-bond acceptors (Lipinski definition) is 4. The number of rotatable bonds is 5. The Bertz CT molecular complexity index is 282. The molecule has 0 aliphatic heterocycles. The molecule has 0 aromatic heterocycles. The van der Waals surface area contributed by atoms with Crippen molar-refractivity contribution in [3.8, 4) is 5.75 Å². The number of ether oxygens (including phenoxy) is 1. The van der Waals surface area contributed by atoms with Gasteiger partial charge in [0, 0.05) is 0 Å². The topological polar surface area (TPSA) is 51.0 Å². The van der Waals surface area contributed by atoms with Gasteiger partial charge in [0.05, 0.1) is 19.9 Å². The second-order valence-electron chi connectivity index (χ2n) is 2.59. The van der Waals surface area contributed by atoms with E-state index in [0.717, 1.165) is 11.3 Å². The second-order valence-corrected chi connectivity index (χ2v) is 2.59. The predicted octanol–water partition coefficient (Wildman–Crippen LogP) is 1.19. The number of hydrogen-bond donors (Lipinski definition) is 1. The number of oxime groups is 1. The summed E-state index contributed by atoms with van der Waals surface area (Å²) in [5, 5.41) is 11.9. The van der Waals surface area contributed by atoms with Gasteiger partial charge in [-0.25, -0.2) is 0 Å². The lowest BCUT2D eigenvalue weighted by atomic mass is 10.2. The van der Waals surface area contributed by atoms with Crippen LogP contribution in [0.3, 0.4) is 0 Å². The molecule has 0 fully saturated rings. The molecule has 1 rings (SSSR count). The van der Waals surface area contributed by atoms with Crippen LogP contribution in [0.2, 0.25) is 0 Å². The molecule has 0 aliphatic carbocycles. The summed E-state index contributed by atoms with van der Waals surface area (Å²) < 4.78 is 5.01. The van der Waals surface area contributed by atoms with Crippen LogP contribution in [-0.2, 0) is 11.4 Å². The molecule has 0 atom stereocenters. The van der Waals surface area contributed by atoms with Gasteiger partial charge in [0.25, 0.3) is 0 Å². The summed E-state index contributed by atoms with van der Waals surface area (Å²) in [6.07, 6.45) is 1.30. The fourth-order valence-electron chi connectivity index (χ4n) is 0.920. The average molecular weight is 195 g/mol. The molecule has 0 amide bonds. The number of aliphatic hydroxyl groups excluding tert-OH is 1. The summed E-state index contributed by atoms with van der Waals surface area (Å²) in [4.78, 5) is 4.90. The quantitative estimate of drug-likeness (QED) is 0.567. The molecule has 0 saturated heterocycles. The molecule has 1 aromatic carbocycles. The number of aliphatic hydroxyl groups is 1. The standard InChI is InChI=1S/C10H13NO3/c1-13-10-4-2-9(3-5-10)8-14-11-6-7-12/h2-6,12H,7-8H2,1H3. The molecule has 0 saturated carbocycles. The van der Waals surface area contributed by atoms with Crippen molar-refractivity contribution in [2.75, 3.05) is 13.7 Å². The van der Waals surface area contributed by atoms with Gasteiger partial charge in [-0.05, 0) is 17.7 Å². The van der Waals surface area contributed by atoms with E-state index in [1.807, 2.05) is 24.3 Å². The maximum atomic E-state index is 8.39. The van der Waals surface area contributed by atoms with E-state index in [0.29, 0.717) is 6.61 Å². The number of benzene rings is 1. The van der Waals surface area contributed by atoms with E-state index in [-0.39, 0.29) is 6.61 Å². The summed E-state index contributed by atoms with van der Waals surface area (Å²) in [7, 11) is 1.62. The first-order chi connectivity index (χ1) is 6.86. The zero-order valence-corrected chi connectivity index (χ0v) is 8.01. The van der Waals surface area contributed by atoms with Gasteiger partial charge < -0.3 is 14.7 Å². The molecule has 0 unspecified atom stereocenters. The minimum absolute atomic E-state index is 0.109. The van der Waals surface area contributed by atoms with Crippen molar-refractivity contribution in [1.82, 2.24) is 0 Å². The van der Waals surface area contributed by atoms with Gasteiger partial charge in [0.15, 0.2) is 0 Å². The lowest BCUT2D eigenvalue weighted by Crippen LogP contribution is -1.89. The van der Waals surface area contributed by atoms with E-state index < -0.39 is 0 Å². The molecule has 4 heteroatoms. The molecule has 0 heterocycles. The number of methoxy groups -OCH3 is 1. The lowest BCUT2D eigenvalue weighted by Gasteiger charge is -2.01. The van der Waals surface area contributed by atoms with E-state index in [4.69, 9.17) is 14.7 Å². The Morgan fingerprint density at radius 3 is 2.64 bits per heavy atom. The second kappa shape index (κ2) is 5.99. The Labute approximate surface area is 82.8 Å². The maximum Gasteiger partial charge on any atom is 0.142 e. The minimum atomic E-state index is -0.109. The summed E-state index contributed by atoms with van der Waals surface area (Å²) in [5.74, 6) is 0.813. The number of nitrogens with zero attached hydrogens (tertiary/aromatic N) is 1. The first kappa shape index (κ1) is 10.5. The van der Waals surface area contributed by atoms with Gasteiger partial charge >= 0.3 is 0 Å². The van der Waals surface area contributed by atoms with Gasteiger partial charge in [0.2, 0.25) is 0 Å². The summed E-state index contributed by atoms with van der Waals surface area (Å²) >= 11 is 0. The SMILES string of the molecule is COc1ccc(CON=CCO)cc1. The van der Waals surface area contributed by atoms with Crippen LogP contribution in [0.1, 0.15) is 5.56 Å². The van der Waals surface area contributed by atoms with Crippen LogP contribution in [0.4, 0.5) is 0 Å². The van der Waals surface area contributed by atoms with E-state index >= 15 is 0 Å². The van der Waals surface area contributed by atoms with E-state index in [9.17, 15) is 0 Å². The highest BCUT2D eigenvalue weighted by molar-refractivity contribution is 5.57. The molecule has 76 valence electrons. The normalized spacial score (nSPS) is 10.4. The molecule has 1 N–H and O–H groups in total. The molecular formula is C10H13NO3. The van der Waals surface area contributed by atoms with Gasteiger partial charge in [-0.2, -0.15) is 0 Å². The average Bonchev–Trinajstić information content (AvgIpc) is 2.25. The zero-order chi connectivity index (χ0) is 10.2. The molecule has 0 spiro atoms. The fourth-order valence-corrected chi connectivity index (χ4v) is 0.920. The minimum Gasteiger partial charge on any atom is -0.497 e. The monoisotopic (exact) mass is 195 g/mol. The first-order valence-corrected chi connectivity index (χ1v) is 4.24. The van der Waals surface area contributed by atoms with Crippen molar-refractivity contribution < 1.29 is 14.7 Å². The van der Waals surface area contributed by atoms with E-state index in [1.165, 1.54) is 6.21 Å². The maximum absolute atomic E-state index is 8.39. The van der Waals surface area contributed by atoms with E-state index in [1.54, 1.807) is 7.11 Å². The highest BCUT2D eigenvalue weighted by atomic mass is 16.6. The van der Waals surface area contributed by atoms with Gasteiger partial charge in [-0.3, -0.25) is 0 Å². The van der Waals surface area contributed by atoms with Crippen LogP contribution in [0, 0.1) is 0 Å². The molecule has 0 aliphatic rings. The van der Waals surface area contributed by atoms with Gasteiger partial charge in [0.1, 0.15) is 12.4 Å². The predicted molar refractivity (Wildman–Crippen MR) is 53.4 cm³/mol. The molecular weight excluding hydrogens is 182 g/mol. The zero-order valence-electron chi connectivity index (χ0n) is 8.01. The Morgan fingerprint density at radius 1 is 1.36 bits per heavy atom. The Hall–Kier alpha value is -1.55. The van der Waals surface area contributed by atoms with Crippen LogP contribution in [0.5, 0.6) is 5.75 Å². The molecule has 0 bridgehead atoms. The molecule has 0 radical (unpaired) electrons. The van der Waals surface area contributed by atoms with Crippen LogP contribution >= 0.6 is 0 Å². The third-order valence-corrected chi connectivity index (χ3v) is 1.62. The van der Waals surface area contributed by atoms with Crippen molar-refractivity contribution >= 4 is 6.21 Å². The molecule has 14 heavy (non-hydrogen) atoms. The summed E-state index contributed by atoms with van der Waals surface area (Å²) in [5.41, 5.74) is 1.00. The third kappa shape index (κ3) is 3.45. The largest absolute Gasteiger partial charge is 0.497 e. The summed E-state index contributed by atoms with van der Waals surface area (Å²) in [6, 6.07) is 7.50. The molecule has 4 nitrogen and oxygen atoms in total. The fraction of sp³-hybridized carbons (Fsp3) is 0.300. The highest BCUT2D eigenvalue weighted by Gasteiger charge is 1.93. The van der Waals surface area contributed by atoms with Crippen molar-refractivity contribution in [2.45, 2.75) is 6.61 Å². The lowest BCUT2D eigenvalue weighted by molar-refractivity contribution is 0.130. The van der Waals surface area contributed by atoms with Crippen LogP contribution < -0.4 is 4.74 Å². The van der Waals surface area contributed by atoms with Crippen LogP contribution in [-0.4, -0.2) is 25.0 Å². The van der Waals surface area contributed by atoms with E-state index in [2.05, 4.69) is 5.16 Å². The van der Waals surface area contributed by atoms with Crippen molar-refractivity contribution in [1.29, 1.82) is 0 Å². The Balaban J connectivity index is 2.40. The van der Waals surface area contributed by atoms with Crippen LogP contribution in [0.25, 0.3) is 0 Å². The summed E-state index contributed by atoms with van der Waals surface area (Å²) in [6.45, 7) is 0.281. The Kier molecular flexibility index (Phi) is 4.50. The van der Waals surface area contributed by atoms with Crippen molar-refractivity contribution in [2.24, 2.45) is 5.16 Å². The highest BCUT2D eigenvalue weighted by Crippen LogP contribution is 2.11. The van der Waals surface area contributed by atoms with Gasteiger partial charge in [-0.15, -0.1) is 0 Å². The van der Waals surface area contributed by atoms with Crippen LogP contribution in [0.15, 0.2) is 29.4 Å². The Morgan fingerprint density at radius 2 is 2.07 bits per heavy atom. The first-order valence-electron chi connectivity index (χ1n) is 4.24.